The predicted octanol–water partition coefficient (Wildman–Crippen LogP) is 2.30. The van der Waals surface area contributed by atoms with E-state index in [1.165, 1.54) is 18.5 Å². The lowest BCUT2D eigenvalue weighted by Gasteiger charge is -2.19. The van der Waals surface area contributed by atoms with Crippen molar-refractivity contribution in [2.24, 2.45) is 0 Å². The Balaban J connectivity index is 1.62. The van der Waals surface area contributed by atoms with Crippen LogP contribution in [-0.2, 0) is 0 Å². The second-order valence-corrected chi connectivity index (χ2v) is 6.77. The smallest absolute Gasteiger partial charge is 0.143 e. The van der Waals surface area contributed by atoms with Gasteiger partial charge in [-0.25, -0.2) is 14.4 Å². The molecule has 0 aliphatic heterocycles. The summed E-state index contributed by atoms with van der Waals surface area (Å²) in [5.41, 5.74) is 2.22. The summed E-state index contributed by atoms with van der Waals surface area (Å²) in [7, 11) is 0. The average Bonchev–Trinajstić information content (AvgIpc) is 3.15. The average molecular weight is 357 g/mol. The molecule has 7 heteroatoms. The number of aliphatic hydroxyl groups excluding tert-OH is 2. The topological polar surface area (TPSA) is 80.4 Å². The van der Waals surface area contributed by atoms with Gasteiger partial charge in [-0.2, -0.15) is 0 Å². The zero-order valence-electron chi connectivity index (χ0n) is 14.5. The van der Waals surface area contributed by atoms with Crippen LogP contribution in [0.15, 0.2) is 36.8 Å². The van der Waals surface area contributed by atoms with Gasteiger partial charge >= 0.3 is 0 Å². The Labute approximate surface area is 149 Å². The first kappa shape index (κ1) is 16.9. The van der Waals surface area contributed by atoms with Crippen molar-refractivity contribution in [1.82, 2.24) is 14.5 Å². The van der Waals surface area contributed by atoms with Crippen LogP contribution in [0.4, 0.5) is 4.39 Å². The van der Waals surface area contributed by atoms with Crippen LogP contribution >= 0.6 is 0 Å². The van der Waals surface area contributed by atoms with Crippen molar-refractivity contribution < 1.29 is 19.3 Å². The van der Waals surface area contributed by atoms with Crippen molar-refractivity contribution in [3.8, 4) is 5.75 Å². The molecule has 4 rings (SSSR count). The molecule has 2 unspecified atom stereocenters. The third kappa shape index (κ3) is 2.73. The Morgan fingerprint density at radius 3 is 2.73 bits per heavy atom. The second kappa shape index (κ2) is 6.34. The molecule has 1 fully saturated rings. The molecular formula is C19H20FN3O3. The van der Waals surface area contributed by atoms with Crippen LogP contribution < -0.4 is 4.74 Å². The summed E-state index contributed by atoms with van der Waals surface area (Å²) in [5, 5.41) is 21.9. The highest BCUT2D eigenvalue weighted by molar-refractivity contribution is 5.78. The third-order valence-electron chi connectivity index (χ3n) is 5.08. The molecule has 3 aromatic rings. The van der Waals surface area contributed by atoms with Gasteiger partial charge in [0.15, 0.2) is 0 Å². The van der Waals surface area contributed by atoms with Crippen LogP contribution in [0.1, 0.15) is 23.7 Å². The van der Waals surface area contributed by atoms with Crippen molar-refractivity contribution in [3.63, 3.8) is 0 Å². The number of fused-ring (bicyclic) bond motifs is 1. The number of ether oxygens (including phenoxy) is 1. The van der Waals surface area contributed by atoms with Crippen LogP contribution in [0.2, 0.25) is 0 Å². The highest BCUT2D eigenvalue weighted by atomic mass is 19.1. The number of benzene rings is 1. The number of aliphatic hydroxyl groups is 2. The lowest BCUT2D eigenvalue weighted by molar-refractivity contribution is -0.0165. The summed E-state index contributed by atoms with van der Waals surface area (Å²) in [6, 6.07) is 5.77. The molecule has 2 aromatic heterocycles. The first-order chi connectivity index (χ1) is 12.5. The van der Waals surface area contributed by atoms with E-state index in [1.54, 1.807) is 13.0 Å². The summed E-state index contributed by atoms with van der Waals surface area (Å²) in [5.74, 6) is 0.160. The Morgan fingerprint density at radius 2 is 1.96 bits per heavy atom. The number of rotatable bonds is 3. The van der Waals surface area contributed by atoms with E-state index < -0.39 is 18.3 Å². The number of aryl methyl sites for hydroxylation is 2. The molecule has 6 nitrogen and oxygen atoms in total. The van der Waals surface area contributed by atoms with Crippen molar-refractivity contribution in [2.45, 2.75) is 44.6 Å². The third-order valence-corrected chi connectivity index (χ3v) is 5.08. The van der Waals surface area contributed by atoms with E-state index in [1.807, 2.05) is 23.8 Å². The summed E-state index contributed by atoms with van der Waals surface area (Å²) in [6.07, 6.45) is 1.10. The van der Waals surface area contributed by atoms with Crippen molar-refractivity contribution in [1.29, 1.82) is 0 Å². The minimum absolute atomic E-state index is 0.339. The molecule has 0 bridgehead atoms. The van der Waals surface area contributed by atoms with Crippen LogP contribution in [-0.4, -0.2) is 43.1 Å². The number of aromatic nitrogens is 3. The van der Waals surface area contributed by atoms with Gasteiger partial charge in [0.05, 0.1) is 11.7 Å². The second-order valence-electron chi connectivity index (χ2n) is 6.77. The molecule has 0 saturated heterocycles. The Hall–Kier alpha value is -2.51. The number of halogens is 1. The molecule has 2 heterocycles. The lowest BCUT2D eigenvalue weighted by atomic mass is 10.2. The molecule has 0 spiro atoms. The Kier molecular flexibility index (Phi) is 4.13. The van der Waals surface area contributed by atoms with Gasteiger partial charge in [-0.15, -0.1) is 0 Å². The standard InChI is InChI=1S/C19H20FN3O3/c1-10-7-12(20)3-4-15(10)26-16-8-14(17(24)18(16)25)23-6-5-13-11(2)21-9-22-19(13)23/h3-7,9,14,16-18,24-25H,8H2,1-2H3/t14?,16?,17-,18+/m0/s1. The normalized spacial score (nSPS) is 25.7. The first-order valence-corrected chi connectivity index (χ1v) is 8.53. The van der Waals surface area contributed by atoms with Crippen LogP contribution in [0.3, 0.4) is 0 Å². The van der Waals surface area contributed by atoms with E-state index >= 15 is 0 Å². The molecule has 0 radical (unpaired) electrons. The minimum atomic E-state index is -1.05. The SMILES string of the molecule is Cc1cc(F)ccc1OC1CC(n2ccc3c(C)ncnc32)[C@H](O)[C@@H]1O. The Bertz CT molecular complexity index is 958. The summed E-state index contributed by atoms with van der Waals surface area (Å²) < 4.78 is 21.0. The molecule has 2 N–H and O–H groups in total. The predicted molar refractivity (Wildman–Crippen MR) is 93.5 cm³/mol. The van der Waals surface area contributed by atoms with Crippen molar-refractivity contribution in [3.05, 3.63) is 53.9 Å². The first-order valence-electron chi connectivity index (χ1n) is 8.53. The fourth-order valence-electron chi connectivity index (χ4n) is 3.63. The van der Waals surface area contributed by atoms with E-state index in [4.69, 9.17) is 4.74 Å². The molecule has 4 atom stereocenters. The maximum Gasteiger partial charge on any atom is 0.143 e. The summed E-state index contributed by atoms with van der Waals surface area (Å²) in [6.45, 7) is 3.64. The van der Waals surface area contributed by atoms with Crippen molar-refractivity contribution >= 4 is 11.0 Å². The highest BCUT2D eigenvalue weighted by Crippen LogP contribution is 2.36. The maximum atomic E-state index is 13.3. The fourth-order valence-corrected chi connectivity index (χ4v) is 3.63. The molecule has 1 saturated carbocycles. The van der Waals surface area contributed by atoms with Gasteiger partial charge < -0.3 is 19.5 Å². The van der Waals surface area contributed by atoms with E-state index in [0.29, 0.717) is 23.4 Å². The largest absolute Gasteiger partial charge is 0.487 e. The molecule has 136 valence electrons. The monoisotopic (exact) mass is 357 g/mol. The Morgan fingerprint density at radius 1 is 1.15 bits per heavy atom. The molecule has 1 aromatic carbocycles. The highest BCUT2D eigenvalue weighted by Gasteiger charge is 2.44. The molecule has 1 aliphatic rings. The molecule has 26 heavy (non-hydrogen) atoms. The zero-order valence-corrected chi connectivity index (χ0v) is 14.5. The van der Waals surface area contributed by atoms with Gasteiger partial charge in [0.1, 0.15) is 41.9 Å². The van der Waals surface area contributed by atoms with E-state index in [0.717, 1.165) is 11.1 Å². The van der Waals surface area contributed by atoms with Crippen LogP contribution in [0, 0.1) is 19.7 Å². The van der Waals surface area contributed by atoms with E-state index in [2.05, 4.69) is 9.97 Å². The molecular weight excluding hydrogens is 337 g/mol. The van der Waals surface area contributed by atoms with Gasteiger partial charge in [0, 0.05) is 18.0 Å². The number of hydrogen-bond acceptors (Lipinski definition) is 5. The molecule has 0 amide bonds. The van der Waals surface area contributed by atoms with Gasteiger partial charge in [0.25, 0.3) is 0 Å². The van der Waals surface area contributed by atoms with Gasteiger partial charge in [-0.3, -0.25) is 0 Å². The van der Waals surface area contributed by atoms with Crippen LogP contribution in [0.5, 0.6) is 5.75 Å². The molecule has 1 aliphatic carbocycles. The minimum Gasteiger partial charge on any atom is -0.487 e. The fraction of sp³-hybridized carbons (Fsp3) is 0.368. The van der Waals surface area contributed by atoms with Crippen molar-refractivity contribution in [2.75, 3.05) is 0 Å². The lowest BCUT2D eigenvalue weighted by Crippen LogP contribution is -2.34. The maximum absolute atomic E-state index is 13.3. The van der Waals surface area contributed by atoms with Gasteiger partial charge in [-0.05, 0) is 43.7 Å². The van der Waals surface area contributed by atoms with Gasteiger partial charge in [0.2, 0.25) is 0 Å². The zero-order chi connectivity index (χ0) is 18.4. The van der Waals surface area contributed by atoms with E-state index in [-0.39, 0.29) is 11.9 Å². The quantitative estimate of drug-likeness (QED) is 0.752. The van der Waals surface area contributed by atoms with Crippen LogP contribution in [0.25, 0.3) is 11.0 Å². The summed E-state index contributed by atoms with van der Waals surface area (Å²) >= 11 is 0. The van der Waals surface area contributed by atoms with Gasteiger partial charge in [-0.1, -0.05) is 0 Å². The summed E-state index contributed by atoms with van der Waals surface area (Å²) in [4.78, 5) is 8.49. The number of nitrogens with zero attached hydrogens (tertiary/aromatic N) is 3. The number of hydrogen-bond donors (Lipinski definition) is 2. The van der Waals surface area contributed by atoms with E-state index in [9.17, 15) is 14.6 Å².